The molecule has 0 unspecified atom stereocenters. The van der Waals surface area contributed by atoms with Gasteiger partial charge in [-0.05, 0) is 23.9 Å². The smallest absolute Gasteiger partial charge is 0.275 e. The number of hydrogen-bond donors (Lipinski definition) is 2. The minimum atomic E-state index is -0.842. The summed E-state index contributed by atoms with van der Waals surface area (Å²) in [6.07, 6.45) is 1.14. The molecule has 3 aromatic rings. The van der Waals surface area contributed by atoms with Gasteiger partial charge in [0.2, 0.25) is 0 Å². The number of nitrogens with one attached hydrogen (secondary N) is 2. The van der Waals surface area contributed by atoms with Gasteiger partial charge in [0.15, 0.2) is 0 Å². The molecule has 0 radical (unpaired) electrons. The van der Waals surface area contributed by atoms with Gasteiger partial charge in [-0.15, -0.1) is 0 Å². The van der Waals surface area contributed by atoms with Crippen LogP contribution in [0.1, 0.15) is 5.56 Å². The van der Waals surface area contributed by atoms with Crippen molar-refractivity contribution in [1.29, 1.82) is 5.26 Å². The highest BCUT2D eigenvalue weighted by Crippen LogP contribution is 2.34. The molecule has 0 fully saturated rings. The van der Waals surface area contributed by atoms with Crippen LogP contribution in [-0.4, -0.2) is 21.1 Å². The van der Waals surface area contributed by atoms with Crippen LogP contribution in [0.2, 0.25) is 0 Å². The molecular weight excluding hydrogens is 340 g/mol. The van der Waals surface area contributed by atoms with Gasteiger partial charge < -0.3 is 9.55 Å². The third-order valence-electron chi connectivity index (χ3n) is 3.58. The summed E-state index contributed by atoms with van der Waals surface area (Å²) in [5, 5.41) is 9.49. The van der Waals surface area contributed by atoms with E-state index in [1.807, 2.05) is 6.07 Å². The molecule has 2 N–H and O–H groups in total. The van der Waals surface area contributed by atoms with Crippen molar-refractivity contribution in [1.82, 2.24) is 19.4 Å². The summed E-state index contributed by atoms with van der Waals surface area (Å²) >= 11 is 5.47. The van der Waals surface area contributed by atoms with Crippen LogP contribution in [0.4, 0.5) is 8.78 Å². The molecule has 1 aromatic carbocycles. The van der Waals surface area contributed by atoms with Gasteiger partial charge in [0.05, 0.1) is 17.6 Å². The summed E-state index contributed by atoms with van der Waals surface area (Å²) in [6, 6.07) is 5.28. The van der Waals surface area contributed by atoms with Gasteiger partial charge in [-0.3, -0.25) is 4.79 Å². The molecule has 2 aromatic heterocycles. The first-order valence-electron chi connectivity index (χ1n) is 6.88. The molecule has 0 atom stereocenters. The Balaban J connectivity index is 2.49. The minimum absolute atomic E-state index is 0.0424. The van der Waals surface area contributed by atoms with Crippen LogP contribution in [-0.2, 0) is 6.54 Å². The Morgan fingerprint density at radius 1 is 1.38 bits per heavy atom. The summed E-state index contributed by atoms with van der Waals surface area (Å²) < 4.78 is 29.9. The van der Waals surface area contributed by atoms with Crippen molar-refractivity contribution >= 4 is 22.8 Å². The van der Waals surface area contributed by atoms with E-state index in [1.54, 1.807) is 0 Å². The Bertz CT molecular complexity index is 1000. The van der Waals surface area contributed by atoms with Crippen molar-refractivity contribution in [2.24, 2.45) is 0 Å². The number of aromatic nitrogens is 3. The number of nitriles is 1. The maximum absolute atomic E-state index is 14.3. The first-order valence-corrected chi connectivity index (χ1v) is 7.25. The van der Waals surface area contributed by atoms with E-state index in [-0.39, 0.29) is 40.9 Å². The number of halogens is 3. The number of rotatable bonds is 4. The zero-order chi connectivity index (χ0) is 17.3. The summed E-state index contributed by atoms with van der Waals surface area (Å²) in [6.45, 7) is 0.313. The van der Waals surface area contributed by atoms with Crippen molar-refractivity contribution in [3.63, 3.8) is 0 Å². The lowest BCUT2D eigenvalue weighted by Gasteiger charge is -2.11. The molecule has 24 heavy (non-hydrogen) atoms. The molecule has 9 heteroatoms. The average molecular weight is 350 g/mol. The van der Waals surface area contributed by atoms with E-state index in [1.165, 1.54) is 10.6 Å². The van der Waals surface area contributed by atoms with Crippen LogP contribution in [0.25, 0.3) is 22.3 Å². The van der Waals surface area contributed by atoms with Crippen LogP contribution in [0.5, 0.6) is 0 Å². The Kier molecular flexibility index (Phi) is 4.29. The highest BCUT2D eigenvalue weighted by Gasteiger charge is 2.25. The number of hydrogen-bond acceptors (Lipinski definition) is 4. The predicted octanol–water partition coefficient (Wildman–Crippen LogP) is 2.28. The number of aromatic amines is 1. The highest BCUT2D eigenvalue weighted by molar-refractivity contribution is 6.13. The second-order valence-corrected chi connectivity index (χ2v) is 5.16. The second kappa shape index (κ2) is 6.39. The predicted molar refractivity (Wildman–Crippen MR) is 84.3 cm³/mol. The van der Waals surface area contributed by atoms with Crippen molar-refractivity contribution in [3.05, 3.63) is 52.1 Å². The van der Waals surface area contributed by atoms with Gasteiger partial charge in [-0.2, -0.15) is 5.26 Å². The van der Waals surface area contributed by atoms with Gasteiger partial charge in [0.1, 0.15) is 34.3 Å². The SMILES string of the molecule is N#Cc1c(-c2c(F)cccc2F)n(CCNCl)c2c(=O)[nH]cnc12. The molecular formula is C15H10ClF2N5O. The molecule has 122 valence electrons. The van der Waals surface area contributed by atoms with E-state index in [0.717, 1.165) is 18.5 Å². The van der Waals surface area contributed by atoms with E-state index in [0.29, 0.717) is 0 Å². The Hall–Kier alpha value is -2.76. The molecule has 2 heterocycles. The molecule has 0 saturated carbocycles. The molecule has 0 amide bonds. The van der Waals surface area contributed by atoms with Gasteiger partial charge in [-0.25, -0.2) is 18.6 Å². The Morgan fingerprint density at radius 3 is 2.71 bits per heavy atom. The van der Waals surface area contributed by atoms with Crippen LogP contribution in [0, 0.1) is 23.0 Å². The first kappa shape index (κ1) is 16.1. The van der Waals surface area contributed by atoms with Gasteiger partial charge >= 0.3 is 0 Å². The largest absolute Gasteiger partial charge is 0.332 e. The van der Waals surface area contributed by atoms with Crippen molar-refractivity contribution < 1.29 is 8.78 Å². The van der Waals surface area contributed by atoms with Crippen LogP contribution < -0.4 is 10.4 Å². The molecule has 0 aliphatic heterocycles. The highest BCUT2D eigenvalue weighted by atomic mass is 35.5. The van der Waals surface area contributed by atoms with Gasteiger partial charge in [-0.1, -0.05) is 6.07 Å². The van der Waals surface area contributed by atoms with E-state index >= 15 is 0 Å². The minimum Gasteiger partial charge on any atom is -0.332 e. The van der Waals surface area contributed by atoms with Gasteiger partial charge in [0.25, 0.3) is 5.56 Å². The molecule has 0 saturated heterocycles. The maximum Gasteiger partial charge on any atom is 0.275 e. The van der Waals surface area contributed by atoms with E-state index in [9.17, 15) is 18.8 Å². The topological polar surface area (TPSA) is 86.5 Å². The van der Waals surface area contributed by atoms with Crippen LogP contribution in [0.3, 0.4) is 0 Å². The van der Waals surface area contributed by atoms with Crippen molar-refractivity contribution in [2.45, 2.75) is 6.54 Å². The molecule has 6 nitrogen and oxygen atoms in total. The zero-order valence-electron chi connectivity index (χ0n) is 12.1. The van der Waals surface area contributed by atoms with Gasteiger partial charge in [0, 0.05) is 13.1 Å². The fraction of sp³-hybridized carbons (Fsp3) is 0.133. The fourth-order valence-electron chi connectivity index (χ4n) is 2.65. The van der Waals surface area contributed by atoms with Crippen LogP contribution in [0.15, 0.2) is 29.3 Å². The first-order chi connectivity index (χ1) is 11.6. The third kappa shape index (κ3) is 2.44. The summed E-state index contributed by atoms with van der Waals surface area (Å²) in [4.78, 5) is 21.0. The monoisotopic (exact) mass is 349 g/mol. The number of H-pyrrole nitrogens is 1. The van der Waals surface area contributed by atoms with E-state index < -0.39 is 17.2 Å². The van der Waals surface area contributed by atoms with E-state index in [2.05, 4.69) is 14.8 Å². The number of benzene rings is 1. The molecule has 0 spiro atoms. The lowest BCUT2D eigenvalue weighted by Crippen LogP contribution is -2.17. The quantitative estimate of drug-likeness (QED) is 0.707. The molecule has 0 bridgehead atoms. The molecule has 0 aliphatic carbocycles. The summed E-state index contributed by atoms with van der Waals surface area (Å²) in [7, 11) is 0. The Labute approximate surface area is 139 Å². The lowest BCUT2D eigenvalue weighted by atomic mass is 10.1. The van der Waals surface area contributed by atoms with Crippen LogP contribution >= 0.6 is 11.8 Å². The second-order valence-electron chi connectivity index (χ2n) is 4.90. The summed E-state index contributed by atoms with van der Waals surface area (Å²) in [5.74, 6) is -1.68. The molecule has 3 rings (SSSR count). The van der Waals surface area contributed by atoms with Crippen molar-refractivity contribution in [2.75, 3.05) is 6.54 Å². The van der Waals surface area contributed by atoms with E-state index in [4.69, 9.17) is 11.8 Å². The summed E-state index contributed by atoms with van der Waals surface area (Å²) in [5.41, 5.74) is -0.893. The third-order valence-corrected chi connectivity index (χ3v) is 3.77. The fourth-order valence-corrected chi connectivity index (χ4v) is 2.74. The standard InChI is InChI=1S/C15H10ClF2N5O/c16-22-4-5-23-13(11-9(17)2-1-3-10(11)18)8(6-19)12-14(23)15(24)21-7-20-12/h1-3,7,22H,4-5H2,(H,20,21,24). The average Bonchev–Trinajstić information content (AvgIpc) is 2.87. The van der Waals surface area contributed by atoms with Crippen molar-refractivity contribution in [3.8, 4) is 17.3 Å². The maximum atomic E-state index is 14.3. The Morgan fingerprint density at radius 2 is 2.08 bits per heavy atom. The number of nitrogens with zero attached hydrogens (tertiary/aromatic N) is 3. The zero-order valence-corrected chi connectivity index (χ0v) is 12.9. The number of fused-ring (bicyclic) bond motifs is 1. The molecule has 0 aliphatic rings. The normalized spacial score (nSPS) is 10.9. The lowest BCUT2D eigenvalue weighted by molar-refractivity contribution is 0.585.